The molecule has 104 valence electrons. The lowest BCUT2D eigenvalue weighted by atomic mass is 9.98. The van der Waals surface area contributed by atoms with Gasteiger partial charge < -0.3 is 10.6 Å². The van der Waals surface area contributed by atoms with E-state index >= 15 is 0 Å². The van der Waals surface area contributed by atoms with Gasteiger partial charge in [-0.1, -0.05) is 0 Å². The zero-order chi connectivity index (χ0) is 13.6. The molecule has 0 bridgehead atoms. The minimum absolute atomic E-state index is 0.254. The van der Waals surface area contributed by atoms with Crippen molar-refractivity contribution in [3.05, 3.63) is 29.8 Å². The lowest BCUT2D eigenvalue weighted by molar-refractivity contribution is -0.137. The first-order valence-electron chi connectivity index (χ1n) is 6.63. The molecule has 0 amide bonds. The molecular formula is C14H17F3N2. The number of anilines is 1. The van der Waals surface area contributed by atoms with Crippen LogP contribution in [0, 0.1) is 11.8 Å². The van der Waals surface area contributed by atoms with Gasteiger partial charge in [0.05, 0.1) is 5.56 Å². The Kier molecular flexibility index (Phi) is 2.96. The molecule has 3 rings (SSSR count). The maximum Gasteiger partial charge on any atom is 0.416 e. The van der Waals surface area contributed by atoms with Crippen LogP contribution < -0.4 is 10.6 Å². The van der Waals surface area contributed by atoms with Crippen LogP contribution in [-0.2, 0) is 6.18 Å². The van der Waals surface area contributed by atoms with Gasteiger partial charge in [0.2, 0.25) is 0 Å². The summed E-state index contributed by atoms with van der Waals surface area (Å²) in [6.45, 7) is 1.79. The molecule has 2 N–H and O–H groups in total. The molecule has 5 heteroatoms. The summed E-state index contributed by atoms with van der Waals surface area (Å²) in [5.41, 5.74) is 6.35. The molecule has 0 aromatic heterocycles. The highest BCUT2D eigenvalue weighted by Crippen LogP contribution is 2.39. The van der Waals surface area contributed by atoms with Gasteiger partial charge in [0.15, 0.2) is 0 Å². The number of halogens is 3. The summed E-state index contributed by atoms with van der Waals surface area (Å²) in [7, 11) is 0. The van der Waals surface area contributed by atoms with Crippen LogP contribution in [0.4, 0.5) is 18.9 Å². The van der Waals surface area contributed by atoms with E-state index in [4.69, 9.17) is 5.73 Å². The van der Waals surface area contributed by atoms with Crippen molar-refractivity contribution in [2.24, 2.45) is 17.6 Å². The first-order chi connectivity index (χ1) is 8.95. The number of benzene rings is 1. The first-order valence-corrected chi connectivity index (χ1v) is 6.63. The third-order valence-electron chi connectivity index (χ3n) is 4.47. The molecule has 1 aliphatic carbocycles. The molecule has 0 spiro atoms. The molecule has 1 aromatic rings. The van der Waals surface area contributed by atoms with E-state index in [9.17, 15) is 13.2 Å². The van der Waals surface area contributed by atoms with Crippen LogP contribution in [0.1, 0.15) is 18.4 Å². The Labute approximate surface area is 110 Å². The van der Waals surface area contributed by atoms with E-state index < -0.39 is 11.7 Å². The molecule has 1 heterocycles. The van der Waals surface area contributed by atoms with Crippen molar-refractivity contribution in [3.8, 4) is 0 Å². The molecule has 3 atom stereocenters. The lowest BCUT2D eigenvalue weighted by Gasteiger charge is -2.21. The van der Waals surface area contributed by atoms with Crippen molar-refractivity contribution in [1.29, 1.82) is 0 Å². The first kappa shape index (κ1) is 12.8. The second kappa shape index (κ2) is 4.40. The van der Waals surface area contributed by atoms with Crippen LogP contribution in [0.2, 0.25) is 0 Å². The molecule has 2 nitrogen and oxygen atoms in total. The molecule has 2 fully saturated rings. The van der Waals surface area contributed by atoms with Gasteiger partial charge in [-0.15, -0.1) is 0 Å². The van der Waals surface area contributed by atoms with Crippen LogP contribution in [0.3, 0.4) is 0 Å². The number of hydrogen-bond donors (Lipinski definition) is 1. The van der Waals surface area contributed by atoms with E-state index in [1.54, 1.807) is 12.1 Å². The Morgan fingerprint density at radius 2 is 1.74 bits per heavy atom. The van der Waals surface area contributed by atoms with Crippen molar-refractivity contribution in [3.63, 3.8) is 0 Å². The fraction of sp³-hybridized carbons (Fsp3) is 0.571. The number of hydrogen-bond acceptors (Lipinski definition) is 2. The zero-order valence-electron chi connectivity index (χ0n) is 10.5. The van der Waals surface area contributed by atoms with Crippen LogP contribution in [0.5, 0.6) is 0 Å². The smallest absolute Gasteiger partial charge is 0.371 e. The van der Waals surface area contributed by atoms with Gasteiger partial charge in [0, 0.05) is 24.8 Å². The Morgan fingerprint density at radius 3 is 2.32 bits per heavy atom. The van der Waals surface area contributed by atoms with E-state index in [2.05, 4.69) is 4.90 Å². The van der Waals surface area contributed by atoms with E-state index in [-0.39, 0.29) is 6.04 Å². The Morgan fingerprint density at radius 1 is 1.05 bits per heavy atom. The van der Waals surface area contributed by atoms with Crippen LogP contribution in [0.25, 0.3) is 0 Å². The maximum absolute atomic E-state index is 12.5. The van der Waals surface area contributed by atoms with Crippen LogP contribution in [0.15, 0.2) is 24.3 Å². The minimum Gasteiger partial charge on any atom is -0.371 e. The van der Waals surface area contributed by atoms with Gasteiger partial charge in [-0.2, -0.15) is 13.2 Å². The highest BCUT2D eigenvalue weighted by atomic mass is 19.4. The largest absolute Gasteiger partial charge is 0.416 e. The second-order valence-corrected chi connectivity index (χ2v) is 5.61. The summed E-state index contributed by atoms with van der Waals surface area (Å²) in [6.07, 6.45) is -2.04. The quantitative estimate of drug-likeness (QED) is 0.850. The number of nitrogens with two attached hydrogens (primary N) is 1. The van der Waals surface area contributed by atoms with Gasteiger partial charge in [-0.05, 0) is 48.9 Å². The summed E-state index contributed by atoms with van der Waals surface area (Å²) >= 11 is 0. The fourth-order valence-electron chi connectivity index (χ4n) is 3.38. The van der Waals surface area contributed by atoms with Gasteiger partial charge in [-0.3, -0.25) is 0 Å². The summed E-state index contributed by atoms with van der Waals surface area (Å²) in [4.78, 5) is 2.16. The Hall–Kier alpha value is -1.23. The third kappa shape index (κ3) is 2.31. The predicted octanol–water partition coefficient (Wildman–Crippen LogP) is 2.88. The molecule has 0 unspecified atom stereocenters. The van der Waals surface area contributed by atoms with Gasteiger partial charge in [-0.25, -0.2) is 0 Å². The molecular weight excluding hydrogens is 253 g/mol. The van der Waals surface area contributed by atoms with Gasteiger partial charge in [0.1, 0.15) is 0 Å². The highest BCUT2D eigenvalue weighted by Gasteiger charge is 2.41. The van der Waals surface area contributed by atoms with Crippen molar-refractivity contribution < 1.29 is 13.2 Å². The van der Waals surface area contributed by atoms with E-state index in [1.807, 2.05) is 0 Å². The average molecular weight is 270 g/mol. The summed E-state index contributed by atoms with van der Waals surface area (Å²) < 4.78 is 37.5. The van der Waals surface area contributed by atoms with Crippen molar-refractivity contribution in [2.45, 2.75) is 25.1 Å². The molecule has 2 aliphatic rings. The molecule has 1 saturated heterocycles. The van der Waals surface area contributed by atoms with Crippen molar-refractivity contribution in [1.82, 2.24) is 0 Å². The second-order valence-electron chi connectivity index (χ2n) is 5.61. The summed E-state index contributed by atoms with van der Waals surface area (Å²) in [5.74, 6) is 1.11. The Balaban J connectivity index is 1.74. The topological polar surface area (TPSA) is 29.3 Å². The van der Waals surface area contributed by atoms with E-state index in [1.165, 1.54) is 0 Å². The van der Waals surface area contributed by atoms with Crippen LogP contribution in [-0.4, -0.2) is 19.1 Å². The van der Waals surface area contributed by atoms with Gasteiger partial charge >= 0.3 is 6.18 Å². The van der Waals surface area contributed by atoms with Crippen molar-refractivity contribution in [2.75, 3.05) is 18.0 Å². The standard InChI is InChI=1S/C14H17F3N2/c15-14(16,17)10-2-4-11(5-3-10)19-7-9-1-6-13(18)12(9)8-19/h2-5,9,12-13H,1,6-8,18H2/t9-,12+,13+/m1/s1. The van der Waals surface area contributed by atoms with Crippen LogP contribution >= 0.6 is 0 Å². The Bertz CT molecular complexity index is 455. The van der Waals surface area contributed by atoms with Gasteiger partial charge in [0.25, 0.3) is 0 Å². The molecule has 0 radical (unpaired) electrons. The lowest BCUT2D eigenvalue weighted by Crippen LogP contribution is -2.30. The SMILES string of the molecule is N[C@H]1CC[C@@H]2CN(c3ccc(C(F)(F)F)cc3)C[C@@H]21. The highest BCUT2D eigenvalue weighted by molar-refractivity contribution is 5.49. The summed E-state index contributed by atoms with van der Waals surface area (Å²) in [6, 6.07) is 5.70. The summed E-state index contributed by atoms with van der Waals surface area (Å²) in [5, 5.41) is 0. The maximum atomic E-state index is 12.5. The number of alkyl halides is 3. The molecule has 1 aliphatic heterocycles. The number of nitrogens with zero attached hydrogens (tertiary/aromatic N) is 1. The number of rotatable bonds is 1. The minimum atomic E-state index is -4.26. The predicted molar refractivity (Wildman–Crippen MR) is 67.8 cm³/mol. The van der Waals surface area contributed by atoms with E-state index in [0.717, 1.165) is 43.8 Å². The van der Waals surface area contributed by atoms with E-state index in [0.29, 0.717) is 11.8 Å². The monoisotopic (exact) mass is 270 g/mol. The zero-order valence-corrected chi connectivity index (χ0v) is 10.5. The fourth-order valence-corrected chi connectivity index (χ4v) is 3.38. The average Bonchev–Trinajstić information content (AvgIpc) is 2.91. The third-order valence-corrected chi connectivity index (χ3v) is 4.47. The van der Waals surface area contributed by atoms with Crippen molar-refractivity contribution >= 4 is 5.69 Å². The molecule has 19 heavy (non-hydrogen) atoms. The molecule has 1 aromatic carbocycles. The normalized spacial score (nSPS) is 30.7. The molecule has 1 saturated carbocycles. The number of fused-ring (bicyclic) bond motifs is 1.